The number of esters is 1. The summed E-state index contributed by atoms with van der Waals surface area (Å²) in [6.45, 7) is 8.85. The van der Waals surface area contributed by atoms with Crippen LogP contribution in [0.2, 0.25) is 10.0 Å². The third-order valence-corrected chi connectivity index (χ3v) is 9.09. The summed E-state index contributed by atoms with van der Waals surface area (Å²) in [4.78, 5) is 24.6. The minimum absolute atomic E-state index is 0.0149. The highest BCUT2D eigenvalue weighted by Crippen LogP contribution is 2.46. The Hall–Kier alpha value is -4.82. The molecule has 4 aromatic carbocycles. The Bertz CT molecular complexity index is 2120. The highest BCUT2D eigenvalue weighted by Gasteiger charge is 2.34. The second-order valence-corrected chi connectivity index (χ2v) is 15.0. The van der Waals surface area contributed by atoms with Crippen molar-refractivity contribution < 1.29 is 64.7 Å². The van der Waals surface area contributed by atoms with Gasteiger partial charge in [-0.2, -0.15) is 0 Å². The molecular weight excluding hydrogens is 793 g/mol. The third kappa shape index (κ3) is 11.4. The molecule has 2 fully saturated rings. The van der Waals surface area contributed by atoms with Crippen LogP contribution in [0.3, 0.4) is 0 Å². The van der Waals surface area contributed by atoms with Gasteiger partial charge in [0.15, 0.2) is 0 Å². The van der Waals surface area contributed by atoms with Crippen molar-refractivity contribution in [2.24, 2.45) is 0 Å². The van der Waals surface area contributed by atoms with Crippen LogP contribution in [0.15, 0.2) is 60.7 Å². The molecule has 16 heteroatoms. The first-order valence-electron chi connectivity index (χ1n) is 17.2. The van der Waals surface area contributed by atoms with Crippen molar-refractivity contribution in [2.75, 3.05) is 0 Å². The number of carbonyl (C=O) groups is 2. The van der Waals surface area contributed by atoms with Gasteiger partial charge in [0.25, 0.3) is 0 Å². The van der Waals surface area contributed by atoms with Crippen molar-refractivity contribution in [3.63, 3.8) is 0 Å². The van der Waals surface area contributed by atoms with Crippen molar-refractivity contribution in [1.82, 2.24) is 0 Å². The highest BCUT2D eigenvalue weighted by molar-refractivity contribution is 6.32. The van der Waals surface area contributed by atoms with E-state index in [4.69, 9.17) is 37.4 Å². The molecule has 0 amide bonds. The van der Waals surface area contributed by atoms with Gasteiger partial charge in [0.1, 0.15) is 51.2 Å². The number of carboxylic acid groups (broad SMARTS) is 1. The van der Waals surface area contributed by atoms with E-state index in [2.05, 4.69) is 9.47 Å². The normalized spacial score (nSPS) is 14.3. The molecule has 0 radical (unpaired) electrons. The number of rotatable bonds is 10. The molecule has 1 N–H and O–H groups in total. The van der Waals surface area contributed by atoms with Gasteiger partial charge in [0, 0.05) is 12.1 Å². The predicted octanol–water partition coefficient (Wildman–Crippen LogP) is 13.1. The van der Waals surface area contributed by atoms with E-state index in [0.29, 0.717) is 17.4 Å². The number of carbonyl (C=O) groups excluding carboxylic acids is 1. The Morgan fingerprint density at radius 3 is 1.34 bits per heavy atom. The van der Waals surface area contributed by atoms with E-state index in [1.165, 1.54) is 12.1 Å². The lowest BCUT2D eigenvalue weighted by Gasteiger charge is -2.22. The van der Waals surface area contributed by atoms with Crippen LogP contribution in [0, 0.1) is 13.8 Å². The molecule has 300 valence electrons. The number of alkyl halides is 6. The molecule has 2 aliphatic rings. The Labute approximate surface area is 328 Å². The second kappa shape index (κ2) is 16.3. The van der Waals surface area contributed by atoms with E-state index in [0.717, 1.165) is 66.6 Å². The minimum atomic E-state index is -4.84. The van der Waals surface area contributed by atoms with E-state index in [1.807, 2.05) is 19.1 Å². The van der Waals surface area contributed by atoms with E-state index < -0.39 is 41.8 Å². The molecule has 0 atom stereocenters. The SMILES string of the molecule is Cc1c(C2CC2)ccc(Oc2ccc(OC(F)(F)F)cc2Cl)c1C(=O)O.Cc1c(C2CC2)ccc(Oc2ccc(OC(F)(F)F)cc2Cl)c1C(=O)OC(C)(C)C. The van der Waals surface area contributed by atoms with Gasteiger partial charge in [-0.05, 0) is 131 Å². The largest absolute Gasteiger partial charge is 0.573 e. The predicted molar refractivity (Wildman–Crippen MR) is 195 cm³/mol. The van der Waals surface area contributed by atoms with Crippen LogP contribution in [0.5, 0.6) is 34.5 Å². The maximum Gasteiger partial charge on any atom is 0.573 e. The van der Waals surface area contributed by atoms with Crippen molar-refractivity contribution in [3.05, 3.63) is 104 Å². The summed E-state index contributed by atoms with van der Waals surface area (Å²) in [5, 5.41) is 9.31. The zero-order chi connectivity index (χ0) is 41.3. The number of benzene rings is 4. The Balaban J connectivity index is 0.000000216. The summed E-state index contributed by atoms with van der Waals surface area (Å²) in [5.74, 6) is -1.45. The number of ether oxygens (including phenoxy) is 5. The molecule has 2 saturated carbocycles. The average Bonchev–Trinajstić information content (AvgIpc) is 3.97. The molecule has 0 heterocycles. The van der Waals surface area contributed by atoms with Gasteiger partial charge in [0.2, 0.25) is 0 Å². The van der Waals surface area contributed by atoms with E-state index in [1.54, 1.807) is 39.8 Å². The molecule has 6 rings (SSSR count). The Morgan fingerprint density at radius 2 is 1.00 bits per heavy atom. The number of carboxylic acids is 1. The zero-order valence-electron chi connectivity index (χ0n) is 30.6. The molecular formula is C40H36Cl2F6O8. The number of aromatic carboxylic acids is 1. The minimum Gasteiger partial charge on any atom is -0.478 e. The van der Waals surface area contributed by atoms with Crippen LogP contribution < -0.4 is 18.9 Å². The van der Waals surface area contributed by atoms with Crippen LogP contribution in [-0.4, -0.2) is 35.4 Å². The molecule has 0 spiro atoms. The average molecular weight is 830 g/mol. The quantitative estimate of drug-likeness (QED) is 0.125. The van der Waals surface area contributed by atoms with Crippen LogP contribution in [0.1, 0.15) is 101 Å². The summed E-state index contributed by atoms with van der Waals surface area (Å²) >= 11 is 12.0. The summed E-state index contributed by atoms with van der Waals surface area (Å²) in [6.07, 6.45) is -5.51. The smallest absolute Gasteiger partial charge is 0.478 e. The molecule has 0 aromatic heterocycles. The summed E-state index contributed by atoms with van der Waals surface area (Å²) in [7, 11) is 0. The fourth-order valence-corrected chi connectivity index (χ4v) is 6.28. The lowest BCUT2D eigenvalue weighted by molar-refractivity contribution is -0.275. The van der Waals surface area contributed by atoms with Gasteiger partial charge in [-0.1, -0.05) is 35.3 Å². The molecule has 4 aromatic rings. The van der Waals surface area contributed by atoms with E-state index in [-0.39, 0.29) is 44.2 Å². The molecule has 8 nitrogen and oxygen atoms in total. The molecule has 0 saturated heterocycles. The maximum atomic E-state index is 12.9. The van der Waals surface area contributed by atoms with Crippen LogP contribution in [0.4, 0.5) is 26.3 Å². The molecule has 0 unspecified atom stereocenters. The summed E-state index contributed by atoms with van der Waals surface area (Å²) < 4.78 is 98.6. The second-order valence-electron chi connectivity index (χ2n) is 14.1. The van der Waals surface area contributed by atoms with E-state index >= 15 is 0 Å². The molecule has 56 heavy (non-hydrogen) atoms. The highest BCUT2D eigenvalue weighted by atomic mass is 35.5. The van der Waals surface area contributed by atoms with Crippen molar-refractivity contribution in [3.8, 4) is 34.5 Å². The summed E-state index contributed by atoms with van der Waals surface area (Å²) in [6, 6.07) is 13.4. The van der Waals surface area contributed by atoms with Gasteiger partial charge < -0.3 is 28.8 Å². The molecule has 0 bridgehead atoms. The lowest BCUT2D eigenvalue weighted by Crippen LogP contribution is -2.25. The van der Waals surface area contributed by atoms with Crippen LogP contribution in [-0.2, 0) is 4.74 Å². The fraction of sp³-hybridized carbons (Fsp3) is 0.350. The topological polar surface area (TPSA) is 101 Å². The third-order valence-electron chi connectivity index (χ3n) is 8.50. The first-order chi connectivity index (χ1) is 26.0. The standard InChI is InChI=1S/C22H22ClF3O4.C18H14ClF3O4/c1-12-15(13-5-6-13)8-10-18(19(12)20(27)30-21(2,3)4)28-17-9-7-14(11-16(17)23)29-22(24,25)26;1-9-12(10-2-3-10)5-7-15(16(9)17(23)24)25-14-6-4-11(8-13(14)19)26-18(20,21)22/h7-11,13H,5-6H2,1-4H3;4-8,10H,2-3H2,1H3,(H,23,24). The van der Waals surface area contributed by atoms with Crippen molar-refractivity contribution in [1.29, 1.82) is 0 Å². The van der Waals surface area contributed by atoms with E-state index in [9.17, 15) is 41.0 Å². The number of hydrogen-bond acceptors (Lipinski definition) is 7. The monoisotopic (exact) mass is 828 g/mol. The lowest BCUT2D eigenvalue weighted by atomic mass is 9.97. The van der Waals surface area contributed by atoms with Gasteiger partial charge in [-0.3, -0.25) is 0 Å². The Kier molecular flexibility index (Phi) is 12.4. The Morgan fingerprint density at radius 1 is 0.625 bits per heavy atom. The zero-order valence-corrected chi connectivity index (χ0v) is 32.1. The van der Waals surface area contributed by atoms with Gasteiger partial charge in [-0.15, -0.1) is 26.3 Å². The first kappa shape index (κ1) is 42.3. The maximum absolute atomic E-state index is 12.9. The van der Waals surface area contributed by atoms with Crippen LogP contribution >= 0.6 is 23.2 Å². The van der Waals surface area contributed by atoms with Crippen molar-refractivity contribution >= 4 is 35.1 Å². The molecule has 2 aliphatic carbocycles. The number of halogens is 8. The summed E-state index contributed by atoms with van der Waals surface area (Å²) in [5.41, 5.74) is 2.99. The first-order valence-corrected chi connectivity index (χ1v) is 17.9. The van der Waals surface area contributed by atoms with Crippen molar-refractivity contribution in [2.45, 2.75) is 90.5 Å². The molecule has 0 aliphatic heterocycles. The van der Waals surface area contributed by atoms with Gasteiger partial charge in [-0.25, -0.2) is 9.59 Å². The van der Waals surface area contributed by atoms with Gasteiger partial charge >= 0.3 is 24.7 Å². The fourth-order valence-electron chi connectivity index (χ4n) is 5.86. The van der Waals surface area contributed by atoms with Gasteiger partial charge in [0.05, 0.1) is 10.0 Å². The van der Waals surface area contributed by atoms with Crippen LogP contribution in [0.25, 0.3) is 0 Å². The number of hydrogen-bond donors (Lipinski definition) is 1.